The number of rotatable bonds is 0. The van der Waals surface area contributed by atoms with Gasteiger partial charge in [-0.1, -0.05) is 12.1 Å². The summed E-state index contributed by atoms with van der Waals surface area (Å²) in [4.78, 5) is 0. The Bertz CT molecular complexity index is 289. The summed E-state index contributed by atoms with van der Waals surface area (Å²) in [6.45, 7) is 0. The summed E-state index contributed by atoms with van der Waals surface area (Å²) in [7, 11) is 0. The van der Waals surface area contributed by atoms with E-state index in [1.165, 1.54) is 0 Å². The molecular weight excluding hydrogens is 400 g/mol. The predicted molar refractivity (Wildman–Crippen MR) is 59.5 cm³/mol. The number of aromatic nitrogens is 3. The van der Waals surface area contributed by atoms with E-state index in [-0.39, 0.29) is 60.8 Å². The van der Waals surface area contributed by atoms with Gasteiger partial charge in [0.15, 0.2) is 0 Å². The maximum absolute atomic E-state index is 3.88. The van der Waals surface area contributed by atoms with Crippen LogP contribution in [0.4, 0.5) is 0 Å². The Kier molecular flexibility index (Phi) is 18.0. The Morgan fingerprint density at radius 3 is 1.50 bits per heavy atom. The van der Waals surface area contributed by atoms with E-state index in [0.717, 1.165) is 11.0 Å². The number of hydrogen-bond acceptors (Lipinski definition) is 2. The van der Waals surface area contributed by atoms with Gasteiger partial charge in [0, 0.05) is 0 Å². The molecule has 0 spiro atoms. The van der Waals surface area contributed by atoms with Crippen LogP contribution in [0.2, 0.25) is 0 Å². The molecule has 4 heteroatoms. The van der Waals surface area contributed by atoms with Crippen molar-refractivity contribution in [2.75, 3.05) is 0 Å². The normalized spacial score (nSPS) is 6.57. The van der Waals surface area contributed by atoms with Crippen molar-refractivity contribution in [2.45, 2.75) is 0 Å². The molecule has 2 aromatic rings. The van der Waals surface area contributed by atoms with Gasteiger partial charge in [-0.05, 0) is 12.1 Å². The predicted octanol–water partition coefficient (Wildman–Crippen LogP) is 2.76. The Labute approximate surface area is 111 Å². The van der Waals surface area contributed by atoms with Crippen molar-refractivity contribution in [3.05, 3.63) is 54.0 Å². The topological polar surface area (TPSA) is 41.6 Å². The summed E-state index contributed by atoms with van der Waals surface area (Å²) in [5.41, 5.74) is 1.83. The molecule has 76 valence electrons. The van der Waals surface area contributed by atoms with E-state index in [4.69, 9.17) is 0 Å². The Morgan fingerprint density at radius 1 is 0.786 bits per heavy atom. The summed E-state index contributed by atoms with van der Waals surface area (Å²) in [6, 6.07) is 7.70. The fourth-order valence-corrected chi connectivity index (χ4v) is 0.786. The van der Waals surface area contributed by atoms with Crippen molar-refractivity contribution in [2.24, 2.45) is 0 Å². The fraction of sp³-hybridized carbons (Fsp3) is 0. The van der Waals surface area contributed by atoms with Crippen LogP contribution in [0.25, 0.3) is 11.0 Å². The van der Waals surface area contributed by atoms with Crippen LogP contribution in [0.3, 0.4) is 0 Å². The standard InChI is InChI=1S/C6H5N3.4CH3.U/c1-2-4-6-5(3-1)7-9-8-6;;;;;/h1-4H,(H,7,8,9);4*1H3;/q;4*-1;+4. The molecule has 1 aromatic carbocycles. The molecule has 0 saturated heterocycles. The van der Waals surface area contributed by atoms with Crippen LogP contribution in [0, 0.1) is 60.8 Å². The maximum atomic E-state index is 3.88. The van der Waals surface area contributed by atoms with Gasteiger partial charge in [-0.2, -0.15) is 15.4 Å². The van der Waals surface area contributed by atoms with E-state index in [0.29, 0.717) is 0 Å². The molecule has 0 bridgehead atoms. The van der Waals surface area contributed by atoms with Crippen molar-refractivity contribution in [1.29, 1.82) is 0 Å². The molecule has 0 aliphatic heterocycles. The van der Waals surface area contributed by atoms with Crippen LogP contribution in [0.1, 0.15) is 0 Å². The van der Waals surface area contributed by atoms with E-state index < -0.39 is 0 Å². The minimum atomic E-state index is 0. The molecule has 1 N–H and O–H groups in total. The fourth-order valence-electron chi connectivity index (χ4n) is 0.786. The first-order valence-corrected chi connectivity index (χ1v) is 2.72. The van der Waals surface area contributed by atoms with E-state index in [9.17, 15) is 0 Å². The molecular formula is C10H17N3U. The Balaban J connectivity index is -0.0000001000. The zero-order valence-electron chi connectivity index (χ0n) is 9.20. The van der Waals surface area contributed by atoms with E-state index in [1.807, 2.05) is 24.3 Å². The SMILES string of the molecule is [CH3-].[CH3-].[CH3-].[CH3-].[U+4].c1ccc2n[nH]nc2c1. The molecule has 2 rings (SSSR count). The molecule has 0 atom stereocenters. The van der Waals surface area contributed by atoms with Gasteiger partial charge in [0.05, 0.1) is 0 Å². The number of benzene rings is 1. The molecule has 0 amide bonds. The molecule has 0 radical (unpaired) electrons. The number of aromatic amines is 1. The molecule has 0 unspecified atom stereocenters. The van der Waals surface area contributed by atoms with Gasteiger partial charge < -0.3 is 29.7 Å². The zero-order valence-corrected chi connectivity index (χ0v) is 13.4. The molecule has 0 aliphatic rings. The number of para-hydroxylation sites is 2. The number of hydrogen-bond donors (Lipinski definition) is 1. The van der Waals surface area contributed by atoms with Crippen LogP contribution in [-0.2, 0) is 0 Å². The van der Waals surface area contributed by atoms with Crippen molar-refractivity contribution in [1.82, 2.24) is 15.4 Å². The quantitative estimate of drug-likeness (QED) is 0.670. The maximum Gasteiger partial charge on any atom is 4.00 e. The van der Waals surface area contributed by atoms with E-state index in [1.54, 1.807) is 0 Å². The minimum absolute atomic E-state index is 0. The number of fused-ring (bicyclic) bond motifs is 1. The number of nitrogens with one attached hydrogen (secondary N) is 1. The average Bonchev–Trinajstić information content (AvgIpc) is 2.33. The first-order chi connectivity index (χ1) is 4.47. The van der Waals surface area contributed by atoms with Gasteiger partial charge in [-0.3, -0.25) is 0 Å². The summed E-state index contributed by atoms with van der Waals surface area (Å²) in [5, 5.41) is 10.3. The van der Waals surface area contributed by atoms with Gasteiger partial charge in [0.25, 0.3) is 0 Å². The van der Waals surface area contributed by atoms with Gasteiger partial charge in [-0.25, -0.2) is 0 Å². The zero-order chi connectivity index (χ0) is 6.10. The average molecular weight is 417 g/mol. The van der Waals surface area contributed by atoms with Gasteiger partial charge in [0.2, 0.25) is 0 Å². The Hall–Kier alpha value is -0.328. The second-order valence-corrected chi connectivity index (χ2v) is 1.81. The molecule has 14 heavy (non-hydrogen) atoms. The van der Waals surface area contributed by atoms with Crippen LogP contribution < -0.4 is 0 Å². The monoisotopic (exact) mass is 417 g/mol. The van der Waals surface area contributed by atoms with Gasteiger partial charge in [0.1, 0.15) is 11.0 Å². The van der Waals surface area contributed by atoms with E-state index >= 15 is 0 Å². The summed E-state index contributed by atoms with van der Waals surface area (Å²) >= 11 is 0. The molecule has 3 nitrogen and oxygen atoms in total. The van der Waals surface area contributed by atoms with Crippen LogP contribution in [-0.4, -0.2) is 15.4 Å². The van der Waals surface area contributed by atoms with Crippen LogP contribution in [0.5, 0.6) is 0 Å². The number of nitrogens with zero attached hydrogens (tertiary/aromatic N) is 2. The van der Waals surface area contributed by atoms with Crippen LogP contribution >= 0.6 is 0 Å². The van der Waals surface area contributed by atoms with Crippen molar-refractivity contribution >= 4 is 11.0 Å². The third kappa shape index (κ3) is 4.78. The molecule has 0 saturated carbocycles. The van der Waals surface area contributed by atoms with Gasteiger partial charge in [-0.15, -0.1) is 0 Å². The Morgan fingerprint density at radius 2 is 1.14 bits per heavy atom. The molecule has 1 heterocycles. The van der Waals surface area contributed by atoms with Crippen molar-refractivity contribution < 1.29 is 31.1 Å². The first-order valence-electron chi connectivity index (χ1n) is 2.72. The van der Waals surface area contributed by atoms with Crippen molar-refractivity contribution in [3.63, 3.8) is 0 Å². The molecule has 0 fully saturated rings. The van der Waals surface area contributed by atoms with Gasteiger partial charge >= 0.3 is 31.1 Å². The largest absolute Gasteiger partial charge is 4.00 e. The first kappa shape index (κ1) is 23.5. The van der Waals surface area contributed by atoms with Crippen molar-refractivity contribution in [3.8, 4) is 0 Å². The minimum Gasteiger partial charge on any atom is -0.358 e. The summed E-state index contributed by atoms with van der Waals surface area (Å²) in [5.74, 6) is 0. The third-order valence-electron chi connectivity index (χ3n) is 1.22. The summed E-state index contributed by atoms with van der Waals surface area (Å²) < 4.78 is 0. The molecule has 0 aliphatic carbocycles. The second-order valence-electron chi connectivity index (χ2n) is 1.81. The number of H-pyrrole nitrogens is 1. The van der Waals surface area contributed by atoms with Crippen LogP contribution in [0.15, 0.2) is 24.3 Å². The summed E-state index contributed by atoms with van der Waals surface area (Å²) in [6.07, 6.45) is 0. The smallest absolute Gasteiger partial charge is 0.358 e. The second kappa shape index (κ2) is 10.8. The third-order valence-corrected chi connectivity index (χ3v) is 1.22. The molecule has 1 aromatic heterocycles. The van der Waals surface area contributed by atoms with E-state index in [2.05, 4.69) is 15.4 Å².